The number of carbonyl (C=O) groups is 1. The minimum Gasteiger partial charge on any atom is -0.480 e. The van der Waals surface area contributed by atoms with E-state index in [2.05, 4.69) is 9.82 Å². The predicted molar refractivity (Wildman–Crippen MR) is 80.1 cm³/mol. The van der Waals surface area contributed by atoms with Crippen LogP contribution in [0.5, 0.6) is 0 Å². The van der Waals surface area contributed by atoms with Gasteiger partial charge in [0, 0.05) is 12.1 Å². The summed E-state index contributed by atoms with van der Waals surface area (Å²) in [6.45, 7) is 1.58. The highest BCUT2D eigenvalue weighted by Gasteiger charge is 2.29. The Hall–Kier alpha value is -1.90. The Bertz CT molecular complexity index is 799. The van der Waals surface area contributed by atoms with Crippen molar-refractivity contribution >= 4 is 27.6 Å². The standard InChI is InChI=1S/C13H14ClN3O4S/c1-8-11(7-15-17(8)2)22(20,21)16-12(13(18)19)9-3-5-10(14)6-4-9/h3-7,12,16H,1-2H3,(H,18,19). The molecule has 0 bridgehead atoms. The molecule has 1 atom stereocenters. The van der Waals surface area contributed by atoms with Crippen molar-refractivity contribution in [2.45, 2.75) is 17.9 Å². The van der Waals surface area contributed by atoms with Crippen molar-refractivity contribution in [3.8, 4) is 0 Å². The first kappa shape index (κ1) is 16.5. The highest BCUT2D eigenvalue weighted by Crippen LogP contribution is 2.21. The van der Waals surface area contributed by atoms with E-state index in [4.69, 9.17) is 11.6 Å². The van der Waals surface area contributed by atoms with Crippen LogP contribution in [0.25, 0.3) is 0 Å². The molecule has 0 aliphatic carbocycles. The average molecular weight is 344 g/mol. The second-order valence-corrected chi connectivity index (χ2v) is 6.78. The Balaban J connectivity index is 2.37. The van der Waals surface area contributed by atoms with Crippen LogP contribution in [0.4, 0.5) is 0 Å². The van der Waals surface area contributed by atoms with Crippen molar-refractivity contribution in [3.05, 3.63) is 46.7 Å². The molecule has 0 aliphatic rings. The van der Waals surface area contributed by atoms with Crippen molar-refractivity contribution in [2.24, 2.45) is 7.05 Å². The lowest BCUT2D eigenvalue weighted by Crippen LogP contribution is -2.34. The van der Waals surface area contributed by atoms with Gasteiger partial charge in [0.05, 0.1) is 11.9 Å². The molecule has 0 radical (unpaired) electrons. The second kappa shape index (κ2) is 6.07. The fraction of sp³-hybridized carbons (Fsp3) is 0.231. The quantitative estimate of drug-likeness (QED) is 0.856. The van der Waals surface area contributed by atoms with Gasteiger partial charge in [-0.1, -0.05) is 23.7 Å². The van der Waals surface area contributed by atoms with Gasteiger partial charge >= 0.3 is 5.97 Å². The Morgan fingerprint density at radius 3 is 2.41 bits per heavy atom. The molecule has 0 fully saturated rings. The van der Waals surface area contributed by atoms with Crippen molar-refractivity contribution < 1.29 is 18.3 Å². The molecule has 118 valence electrons. The van der Waals surface area contributed by atoms with E-state index in [1.165, 1.54) is 35.1 Å². The molecule has 7 nitrogen and oxygen atoms in total. The van der Waals surface area contributed by atoms with Gasteiger partial charge in [-0.2, -0.15) is 9.82 Å². The molecule has 0 amide bonds. The molecule has 1 heterocycles. The molecule has 0 saturated heterocycles. The number of aliphatic carboxylic acids is 1. The summed E-state index contributed by atoms with van der Waals surface area (Å²) in [5.41, 5.74) is 0.690. The number of carboxylic acid groups (broad SMARTS) is 1. The number of carboxylic acids is 1. The highest BCUT2D eigenvalue weighted by molar-refractivity contribution is 7.89. The van der Waals surface area contributed by atoms with Gasteiger partial charge in [0.25, 0.3) is 0 Å². The highest BCUT2D eigenvalue weighted by atomic mass is 35.5. The molecular weight excluding hydrogens is 330 g/mol. The van der Waals surface area contributed by atoms with Crippen LogP contribution in [0, 0.1) is 6.92 Å². The Morgan fingerprint density at radius 1 is 1.36 bits per heavy atom. The SMILES string of the molecule is Cc1c(S(=O)(=O)NC(C(=O)O)c2ccc(Cl)cc2)cnn1C. The summed E-state index contributed by atoms with van der Waals surface area (Å²) >= 11 is 5.75. The molecule has 0 aliphatic heterocycles. The minimum absolute atomic E-state index is 0.0600. The molecular formula is C13H14ClN3O4S. The van der Waals surface area contributed by atoms with E-state index < -0.39 is 22.0 Å². The maximum absolute atomic E-state index is 12.4. The smallest absolute Gasteiger partial charge is 0.326 e. The number of rotatable bonds is 5. The van der Waals surface area contributed by atoms with Crippen LogP contribution in [0.2, 0.25) is 5.02 Å². The molecule has 1 aromatic carbocycles. The third-order valence-electron chi connectivity index (χ3n) is 3.20. The van der Waals surface area contributed by atoms with Gasteiger partial charge in [0.15, 0.2) is 0 Å². The Kier molecular flexibility index (Phi) is 4.55. The lowest BCUT2D eigenvalue weighted by molar-refractivity contribution is -0.139. The predicted octanol–water partition coefficient (Wildman–Crippen LogP) is 1.49. The Morgan fingerprint density at radius 2 is 1.95 bits per heavy atom. The number of hydrogen-bond donors (Lipinski definition) is 2. The van der Waals surface area contributed by atoms with Gasteiger partial charge in [-0.25, -0.2) is 8.42 Å². The lowest BCUT2D eigenvalue weighted by atomic mass is 10.1. The minimum atomic E-state index is -4.02. The number of nitrogens with zero attached hydrogens (tertiary/aromatic N) is 2. The summed E-state index contributed by atoms with van der Waals surface area (Å²) in [6.07, 6.45) is 1.18. The largest absolute Gasteiger partial charge is 0.480 e. The molecule has 2 N–H and O–H groups in total. The van der Waals surface area contributed by atoms with Gasteiger partial charge in [-0.3, -0.25) is 9.48 Å². The van der Waals surface area contributed by atoms with Crippen LogP contribution in [-0.4, -0.2) is 29.3 Å². The molecule has 2 rings (SSSR count). The maximum Gasteiger partial charge on any atom is 0.326 e. The number of sulfonamides is 1. The van der Waals surface area contributed by atoms with Crippen LogP contribution < -0.4 is 4.72 Å². The van der Waals surface area contributed by atoms with E-state index in [1.807, 2.05) is 0 Å². The van der Waals surface area contributed by atoms with E-state index in [0.717, 1.165) is 0 Å². The van der Waals surface area contributed by atoms with E-state index in [0.29, 0.717) is 10.7 Å². The number of halogens is 1. The van der Waals surface area contributed by atoms with Crippen molar-refractivity contribution in [1.82, 2.24) is 14.5 Å². The zero-order valence-corrected chi connectivity index (χ0v) is 13.4. The molecule has 9 heteroatoms. The van der Waals surface area contributed by atoms with Gasteiger partial charge in [-0.15, -0.1) is 0 Å². The van der Waals surface area contributed by atoms with Crippen LogP contribution in [0.15, 0.2) is 35.4 Å². The molecule has 1 aromatic heterocycles. The Labute approximate surface area is 132 Å². The summed E-state index contributed by atoms with van der Waals surface area (Å²) in [7, 11) is -2.42. The number of hydrogen-bond acceptors (Lipinski definition) is 4. The van der Waals surface area contributed by atoms with Crippen molar-refractivity contribution in [1.29, 1.82) is 0 Å². The summed E-state index contributed by atoms with van der Waals surface area (Å²) in [5, 5.41) is 13.6. The molecule has 22 heavy (non-hydrogen) atoms. The number of nitrogens with one attached hydrogen (secondary N) is 1. The molecule has 1 unspecified atom stereocenters. The van der Waals surface area contributed by atoms with Crippen LogP contribution >= 0.6 is 11.6 Å². The monoisotopic (exact) mass is 343 g/mol. The molecule has 0 spiro atoms. The van der Waals surface area contributed by atoms with E-state index in [-0.39, 0.29) is 10.5 Å². The third kappa shape index (κ3) is 3.29. The summed E-state index contributed by atoms with van der Waals surface area (Å²) in [6, 6.07) is 4.49. The zero-order valence-electron chi connectivity index (χ0n) is 11.8. The summed E-state index contributed by atoms with van der Waals surface area (Å²) in [4.78, 5) is 11.3. The van der Waals surface area contributed by atoms with Gasteiger partial charge in [-0.05, 0) is 24.6 Å². The summed E-state index contributed by atoms with van der Waals surface area (Å²) < 4.78 is 28.3. The van der Waals surface area contributed by atoms with E-state index >= 15 is 0 Å². The molecule has 2 aromatic rings. The fourth-order valence-electron chi connectivity index (χ4n) is 1.88. The first-order valence-corrected chi connectivity index (χ1v) is 8.07. The van der Waals surface area contributed by atoms with Crippen LogP contribution in [-0.2, 0) is 21.9 Å². The van der Waals surface area contributed by atoms with Crippen LogP contribution in [0.1, 0.15) is 17.3 Å². The van der Waals surface area contributed by atoms with Gasteiger partial charge < -0.3 is 5.11 Å². The lowest BCUT2D eigenvalue weighted by Gasteiger charge is -2.15. The first-order chi connectivity index (χ1) is 10.2. The summed E-state index contributed by atoms with van der Waals surface area (Å²) in [5.74, 6) is -1.31. The first-order valence-electron chi connectivity index (χ1n) is 6.21. The van der Waals surface area contributed by atoms with Crippen molar-refractivity contribution in [3.63, 3.8) is 0 Å². The fourth-order valence-corrected chi connectivity index (χ4v) is 3.38. The number of aryl methyl sites for hydroxylation is 1. The average Bonchev–Trinajstić information content (AvgIpc) is 2.78. The zero-order chi connectivity index (χ0) is 16.5. The van der Waals surface area contributed by atoms with Gasteiger partial charge in [0.2, 0.25) is 10.0 Å². The maximum atomic E-state index is 12.4. The number of aromatic nitrogens is 2. The molecule has 0 saturated carbocycles. The third-order valence-corrected chi connectivity index (χ3v) is 4.98. The topological polar surface area (TPSA) is 101 Å². The second-order valence-electron chi connectivity index (χ2n) is 4.66. The van der Waals surface area contributed by atoms with E-state index in [1.54, 1.807) is 14.0 Å². The van der Waals surface area contributed by atoms with Gasteiger partial charge in [0.1, 0.15) is 10.9 Å². The van der Waals surface area contributed by atoms with E-state index in [9.17, 15) is 18.3 Å². The normalized spacial score (nSPS) is 13.0. The van der Waals surface area contributed by atoms with Crippen LogP contribution in [0.3, 0.4) is 0 Å². The number of benzene rings is 1. The van der Waals surface area contributed by atoms with Crippen molar-refractivity contribution in [2.75, 3.05) is 0 Å².